The van der Waals surface area contributed by atoms with E-state index in [0.717, 1.165) is 22.1 Å². The van der Waals surface area contributed by atoms with Crippen LogP contribution in [0.2, 0.25) is 0 Å². The van der Waals surface area contributed by atoms with Crippen LogP contribution in [0.15, 0.2) is 34.8 Å². The lowest BCUT2D eigenvalue weighted by Crippen LogP contribution is -2.39. The largest absolute Gasteiger partial charge is 0.480 e. The Morgan fingerprint density at radius 1 is 1.45 bits per heavy atom. The summed E-state index contributed by atoms with van der Waals surface area (Å²) in [6, 6.07) is 8.04. The van der Waals surface area contributed by atoms with Crippen LogP contribution in [0.3, 0.4) is 0 Å². The second-order valence-corrected chi connectivity index (χ2v) is 7.11. The minimum absolute atomic E-state index is 0.113. The Morgan fingerprint density at radius 2 is 2.18 bits per heavy atom. The fraction of sp³-hybridized carbons (Fsp3) is 0.412. The first-order chi connectivity index (χ1) is 10.4. The van der Waals surface area contributed by atoms with Crippen molar-refractivity contribution in [1.82, 2.24) is 0 Å². The molecule has 2 aliphatic rings. The van der Waals surface area contributed by atoms with Crippen molar-refractivity contribution in [3.05, 3.63) is 40.4 Å². The molecule has 4 atom stereocenters. The van der Waals surface area contributed by atoms with Crippen LogP contribution in [0.25, 0.3) is 0 Å². The molecule has 2 bridgehead atoms. The number of aliphatic carboxylic acids is 1. The number of nitrogens with zero attached hydrogens (tertiary/aromatic N) is 2. The Balaban J connectivity index is 2.13. The topological polar surface area (TPSA) is 64.3 Å². The fourth-order valence-corrected chi connectivity index (χ4v) is 4.51. The number of hydrogen-bond donors (Lipinski definition) is 1. The molecule has 1 N–H and O–H groups in total. The number of carboxylic acid groups (broad SMARTS) is 1. The van der Waals surface area contributed by atoms with Gasteiger partial charge in [-0.3, -0.25) is 4.79 Å². The van der Waals surface area contributed by atoms with Crippen molar-refractivity contribution < 1.29 is 9.90 Å². The van der Waals surface area contributed by atoms with E-state index in [2.05, 4.69) is 28.1 Å². The van der Waals surface area contributed by atoms with Gasteiger partial charge in [-0.2, -0.15) is 5.26 Å². The van der Waals surface area contributed by atoms with E-state index >= 15 is 0 Å². The quantitative estimate of drug-likeness (QED) is 0.839. The molecular formula is C17H17BrN2O2. The normalized spacial score (nSPS) is 32.0. The summed E-state index contributed by atoms with van der Waals surface area (Å²) in [6.45, 7) is 0. The summed E-state index contributed by atoms with van der Waals surface area (Å²) in [6.07, 6.45) is 4.72. The highest BCUT2D eigenvalue weighted by Gasteiger charge is 2.62. The van der Waals surface area contributed by atoms with E-state index in [1.54, 1.807) is 0 Å². The summed E-state index contributed by atoms with van der Waals surface area (Å²) in [7, 11) is 3.91. The highest BCUT2D eigenvalue weighted by Crippen LogP contribution is 2.61. The molecule has 1 aromatic rings. The number of hydrogen-bond acceptors (Lipinski definition) is 3. The zero-order chi connectivity index (χ0) is 16.1. The van der Waals surface area contributed by atoms with Gasteiger partial charge in [0.15, 0.2) is 5.41 Å². The van der Waals surface area contributed by atoms with Crippen molar-refractivity contribution in [2.75, 3.05) is 19.0 Å². The molecule has 1 aromatic carbocycles. The number of benzene rings is 1. The lowest BCUT2D eigenvalue weighted by atomic mass is 9.67. The monoisotopic (exact) mass is 360 g/mol. The van der Waals surface area contributed by atoms with Gasteiger partial charge in [-0.1, -0.05) is 34.1 Å². The van der Waals surface area contributed by atoms with Crippen LogP contribution in [0, 0.1) is 28.6 Å². The van der Waals surface area contributed by atoms with E-state index in [4.69, 9.17) is 0 Å². The van der Waals surface area contributed by atoms with Gasteiger partial charge < -0.3 is 10.0 Å². The van der Waals surface area contributed by atoms with Gasteiger partial charge in [-0.15, -0.1) is 0 Å². The molecule has 4 nitrogen and oxygen atoms in total. The van der Waals surface area contributed by atoms with Gasteiger partial charge in [-0.05, 0) is 30.0 Å². The Morgan fingerprint density at radius 3 is 2.73 bits per heavy atom. The summed E-state index contributed by atoms with van der Waals surface area (Å²) >= 11 is 3.57. The molecule has 5 heteroatoms. The molecular weight excluding hydrogens is 344 g/mol. The van der Waals surface area contributed by atoms with E-state index in [1.807, 2.05) is 43.3 Å². The Kier molecular flexibility index (Phi) is 3.53. The van der Waals surface area contributed by atoms with Gasteiger partial charge in [0.05, 0.1) is 6.07 Å². The fourth-order valence-electron chi connectivity index (χ4n) is 3.89. The van der Waals surface area contributed by atoms with Crippen LogP contribution >= 0.6 is 15.9 Å². The summed E-state index contributed by atoms with van der Waals surface area (Å²) in [4.78, 5) is 13.9. The third-order valence-electron chi connectivity index (χ3n) is 4.99. The molecule has 114 valence electrons. The summed E-state index contributed by atoms with van der Waals surface area (Å²) in [5.74, 6) is -1.41. The van der Waals surface area contributed by atoms with E-state index in [9.17, 15) is 15.2 Å². The Labute approximate surface area is 138 Å². The van der Waals surface area contributed by atoms with E-state index in [0.29, 0.717) is 0 Å². The molecule has 0 aliphatic heterocycles. The first kappa shape index (κ1) is 15.1. The predicted molar refractivity (Wildman–Crippen MR) is 87.6 cm³/mol. The van der Waals surface area contributed by atoms with Crippen LogP contribution in [0.4, 0.5) is 5.69 Å². The second-order valence-electron chi connectivity index (χ2n) is 6.25. The van der Waals surface area contributed by atoms with Crippen LogP contribution in [-0.2, 0) is 4.79 Å². The number of fused-ring (bicyclic) bond motifs is 2. The van der Waals surface area contributed by atoms with Crippen LogP contribution in [0.1, 0.15) is 17.9 Å². The molecule has 2 aliphatic carbocycles. The molecule has 1 saturated carbocycles. The van der Waals surface area contributed by atoms with Gasteiger partial charge in [0.1, 0.15) is 0 Å². The molecule has 0 heterocycles. The van der Waals surface area contributed by atoms with E-state index < -0.39 is 11.4 Å². The smallest absolute Gasteiger partial charge is 0.325 e. The maximum atomic E-state index is 11.9. The number of carbonyl (C=O) groups is 1. The SMILES string of the molecule is CN(C)c1ccc([C@H]2[C@H]3C=C[C@@H](C3)[C@@]2(C#N)C(=O)O)c(Br)c1. The first-order valence-electron chi connectivity index (χ1n) is 7.21. The number of rotatable bonds is 3. The standard InChI is InChI=1S/C17H17BrN2O2/c1-20(2)12-5-6-13(14(18)8-12)15-10-3-4-11(7-10)17(15,9-19)16(21)22/h3-6,8,10-11,15H,7H2,1-2H3,(H,21,22)/t10-,11-,15+,17+/m0/s1. The Bertz CT molecular complexity index is 707. The highest BCUT2D eigenvalue weighted by molar-refractivity contribution is 9.10. The third-order valence-corrected chi connectivity index (χ3v) is 5.68. The Hall–Kier alpha value is -1.80. The number of halogens is 1. The lowest BCUT2D eigenvalue weighted by molar-refractivity contribution is -0.147. The first-order valence-corrected chi connectivity index (χ1v) is 8.01. The molecule has 0 saturated heterocycles. The van der Waals surface area contributed by atoms with Gasteiger partial charge >= 0.3 is 5.97 Å². The molecule has 0 spiro atoms. The average Bonchev–Trinajstić information content (AvgIpc) is 3.06. The lowest BCUT2D eigenvalue weighted by Gasteiger charge is -2.33. The van der Waals surface area contributed by atoms with Crippen molar-refractivity contribution >= 4 is 27.6 Å². The van der Waals surface area contributed by atoms with Crippen molar-refractivity contribution in [3.63, 3.8) is 0 Å². The summed E-state index contributed by atoms with van der Waals surface area (Å²) in [5.41, 5.74) is 0.584. The summed E-state index contributed by atoms with van der Waals surface area (Å²) < 4.78 is 0.866. The minimum atomic E-state index is -1.36. The van der Waals surface area contributed by atoms with Crippen molar-refractivity contribution in [2.24, 2.45) is 17.3 Å². The number of nitriles is 1. The van der Waals surface area contributed by atoms with Gasteiger partial charge in [0, 0.05) is 36.1 Å². The molecule has 22 heavy (non-hydrogen) atoms. The van der Waals surface area contributed by atoms with Crippen molar-refractivity contribution in [3.8, 4) is 6.07 Å². The van der Waals surface area contributed by atoms with Crippen molar-refractivity contribution in [2.45, 2.75) is 12.3 Å². The van der Waals surface area contributed by atoms with E-state index in [1.165, 1.54) is 0 Å². The zero-order valence-electron chi connectivity index (χ0n) is 12.5. The minimum Gasteiger partial charge on any atom is -0.480 e. The van der Waals surface area contributed by atoms with Crippen molar-refractivity contribution in [1.29, 1.82) is 5.26 Å². The van der Waals surface area contributed by atoms with Gasteiger partial charge in [-0.25, -0.2) is 0 Å². The molecule has 1 fully saturated rings. The number of carboxylic acids is 1. The average molecular weight is 361 g/mol. The van der Waals surface area contributed by atoms with Crippen LogP contribution < -0.4 is 4.90 Å². The maximum Gasteiger partial charge on any atom is 0.325 e. The van der Waals surface area contributed by atoms with Gasteiger partial charge in [0.25, 0.3) is 0 Å². The number of allylic oxidation sites excluding steroid dienone is 2. The van der Waals surface area contributed by atoms with Crippen LogP contribution in [0.5, 0.6) is 0 Å². The maximum absolute atomic E-state index is 11.9. The molecule has 3 rings (SSSR count). The molecule has 0 amide bonds. The van der Waals surface area contributed by atoms with E-state index in [-0.39, 0.29) is 17.8 Å². The zero-order valence-corrected chi connectivity index (χ0v) is 14.0. The van der Waals surface area contributed by atoms with Gasteiger partial charge in [0.2, 0.25) is 0 Å². The summed E-state index contributed by atoms with van der Waals surface area (Å²) in [5, 5.41) is 19.5. The predicted octanol–water partition coefficient (Wildman–Crippen LogP) is 3.40. The molecule has 0 radical (unpaired) electrons. The van der Waals surface area contributed by atoms with Crippen LogP contribution in [-0.4, -0.2) is 25.2 Å². The second kappa shape index (κ2) is 5.13. The third kappa shape index (κ3) is 1.90. The molecule has 0 unspecified atom stereocenters. The molecule has 0 aromatic heterocycles. The number of anilines is 1. The highest BCUT2D eigenvalue weighted by atomic mass is 79.9.